The van der Waals surface area contributed by atoms with Gasteiger partial charge in [-0.15, -0.1) is 0 Å². The standard InChI is InChI=1S/C27H29F3N6O4S/c1-26(2,3)40-25(37)35-9-7-17(8-10-35)39-20-6-5-15(12-21(20)38-4)23-34-36-14-19(33-24(36)41-23)16-11-18(27(28,29)30)22(31)32-13-16/h5-6,11-14,17H,7-10H2,1-4H3,(H2,31,32). The van der Waals surface area contributed by atoms with Crippen molar-refractivity contribution in [2.45, 2.75) is 51.5 Å². The fraction of sp³-hybridized carbons (Fsp3) is 0.407. The maximum atomic E-state index is 13.3. The second-order valence-electron chi connectivity index (χ2n) is 10.6. The topological polar surface area (TPSA) is 117 Å². The molecule has 1 amide bonds. The molecule has 0 unspecified atom stereocenters. The number of methoxy groups -OCH3 is 1. The van der Waals surface area contributed by atoms with Gasteiger partial charge in [-0.1, -0.05) is 11.3 Å². The highest BCUT2D eigenvalue weighted by Crippen LogP contribution is 2.37. The third kappa shape index (κ3) is 6.32. The number of imidazole rings is 1. The number of ether oxygens (including phenoxy) is 3. The Bertz CT molecular complexity index is 1540. The Morgan fingerprint density at radius 1 is 1.10 bits per heavy atom. The minimum absolute atomic E-state index is 0.0873. The molecule has 0 spiro atoms. The predicted molar refractivity (Wildman–Crippen MR) is 147 cm³/mol. The molecule has 10 nitrogen and oxygen atoms in total. The molecule has 4 aromatic rings. The normalized spacial score (nSPS) is 14.9. The van der Waals surface area contributed by atoms with E-state index in [-0.39, 0.29) is 17.8 Å². The summed E-state index contributed by atoms with van der Waals surface area (Å²) in [5.74, 6) is 0.514. The number of fused-ring (bicyclic) bond motifs is 1. The summed E-state index contributed by atoms with van der Waals surface area (Å²) in [6, 6.07) is 6.40. The van der Waals surface area contributed by atoms with E-state index in [0.29, 0.717) is 53.1 Å². The minimum atomic E-state index is -4.62. The van der Waals surface area contributed by atoms with Crippen LogP contribution in [0.1, 0.15) is 39.2 Å². The molecule has 1 aliphatic rings. The summed E-state index contributed by atoms with van der Waals surface area (Å²) in [6.07, 6.45) is -0.924. The first-order valence-corrected chi connectivity index (χ1v) is 13.6. The number of likely N-dealkylation sites (tertiary alicyclic amines) is 1. The van der Waals surface area contributed by atoms with Crippen LogP contribution in [-0.4, -0.2) is 62.5 Å². The molecule has 2 N–H and O–H groups in total. The van der Waals surface area contributed by atoms with Gasteiger partial charge in [0.2, 0.25) is 4.96 Å². The average Bonchev–Trinajstić information content (AvgIpc) is 3.48. The molecule has 3 aromatic heterocycles. The van der Waals surface area contributed by atoms with Crippen molar-refractivity contribution >= 4 is 28.2 Å². The Labute approximate surface area is 237 Å². The van der Waals surface area contributed by atoms with Crippen molar-refractivity contribution in [3.63, 3.8) is 0 Å². The van der Waals surface area contributed by atoms with E-state index in [1.807, 2.05) is 39.0 Å². The lowest BCUT2D eigenvalue weighted by molar-refractivity contribution is -0.137. The molecule has 0 atom stereocenters. The van der Waals surface area contributed by atoms with Crippen LogP contribution in [0.2, 0.25) is 0 Å². The van der Waals surface area contributed by atoms with Crippen molar-refractivity contribution < 1.29 is 32.2 Å². The lowest BCUT2D eigenvalue weighted by Gasteiger charge is -2.33. The van der Waals surface area contributed by atoms with Gasteiger partial charge in [-0.05, 0) is 45.0 Å². The van der Waals surface area contributed by atoms with Crippen molar-refractivity contribution in [3.8, 4) is 33.3 Å². The van der Waals surface area contributed by atoms with Gasteiger partial charge in [-0.3, -0.25) is 0 Å². The second-order valence-corrected chi connectivity index (χ2v) is 11.5. The number of amides is 1. The van der Waals surface area contributed by atoms with Gasteiger partial charge in [-0.2, -0.15) is 18.3 Å². The molecule has 0 aliphatic carbocycles. The molecule has 0 bridgehead atoms. The van der Waals surface area contributed by atoms with Crippen molar-refractivity contribution in [3.05, 3.63) is 42.2 Å². The van der Waals surface area contributed by atoms with Gasteiger partial charge >= 0.3 is 12.3 Å². The number of carbonyl (C=O) groups is 1. The number of nitrogen functional groups attached to an aromatic ring is 1. The van der Waals surface area contributed by atoms with E-state index in [0.717, 1.165) is 11.6 Å². The fourth-order valence-corrected chi connectivity index (χ4v) is 5.24. The number of alkyl halides is 3. The minimum Gasteiger partial charge on any atom is -0.493 e. The Morgan fingerprint density at radius 3 is 2.46 bits per heavy atom. The number of nitrogens with zero attached hydrogens (tertiary/aromatic N) is 5. The molecular weight excluding hydrogens is 561 g/mol. The van der Waals surface area contributed by atoms with Crippen molar-refractivity contribution in [1.29, 1.82) is 0 Å². The molecule has 1 aromatic carbocycles. The number of rotatable bonds is 5. The van der Waals surface area contributed by atoms with E-state index in [2.05, 4.69) is 15.1 Å². The van der Waals surface area contributed by atoms with Crippen LogP contribution in [0, 0.1) is 0 Å². The van der Waals surface area contributed by atoms with E-state index in [9.17, 15) is 18.0 Å². The molecule has 4 heterocycles. The Kier molecular flexibility index (Phi) is 7.45. The molecule has 218 valence electrons. The largest absolute Gasteiger partial charge is 0.493 e. The SMILES string of the molecule is COc1cc(-c2nn3cc(-c4cnc(N)c(C(F)(F)F)c4)nc3s2)ccc1OC1CCN(C(=O)OC(C)(C)C)CC1. The van der Waals surface area contributed by atoms with Crippen LogP contribution in [0.3, 0.4) is 0 Å². The molecule has 1 aliphatic heterocycles. The summed E-state index contributed by atoms with van der Waals surface area (Å²) in [5.41, 5.74) is 5.10. The summed E-state index contributed by atoms with van der Waals surface area (Å²) in [6.45, 7) is 6.59. The number of anilines is 1. The number of benzene rings is 1. The van der Waals surface area contributed by atoms with Crippen LogP contribution in [0.4, 0.5) is 23.8 Å². The van der Waals surface area contributed by atoms with E-state index in [1.165, 1.54) is 22.0 Å². The first kappa shape index (κ1) is 28.5. The van der Waals surface area contributed by atoms with Crippen LogP contribution in [-0.2, 0) is 10.9 Å². The van der Waals surface area contributed by atoms with Gasteiger partial charge in [0.15, 0.2) is 11.5 Å². The lowest BCUT2D eigenvalue weighted by atomic mass is 10.1. The number of hydrogen-bond donors (Lipinski definition) is 1. The highest BCUT2D eigenvalue weighted by Gasteiger charge is 2.34. The number of pyridine rings is 1. The van der Waals surface area contributed by atoms with Gasteiger partial charge < -0.3 is 24.8 Å². The number of nitrogens with two attached hydrogens (primary N) is 1. The number of carbonyl (C=O) groups excluding carboxylic acids is 1. The summed E-state index contributed by atoms with van der Waals surface area (Å²) in [4.78, 5) is 22.6. The zero-order valence-corrected chi connectivity index (χ0v) is 23.7. The third-order valence-electron chi connectivity index (χ3n) is 6.36. The smallest absolute Gasteiger partial charge is 0.419 e. The van der Waals surface area contributed by atoms with Crippen molar-refractivity contribution in [2.75, 3.05) is 25.9 Å². The van der Waals surface area contributed by atoms with Crippen LogP contribution >= 0.6 is 11.3 Å². The van der Waals surface area contributed by atoms with Gasteiger partial charge in [0.1, 0.15) is 22.5 Å². The molecule has 14 heteroatoms. The van der Waals surface area contributed by atoms with Crippen molar-refractivity contribution in [2.24, 2.45) is 0 Å². The summed E-state index contributed by atoms with van der Waals surface area (Å²) in [5, 5.41) is 5.19. The van der Waals surface area contributed by atoms with E-state index >= 15 is 0 Å². The van der Waals surface area contributed by atoms with Crippen LogP contribution < -0.4 is 15.2 Å². The van der Waals surface area contributed by atoms with Gasteiger partial charge in [-0.25, -0.2) is 19.3 Å². The van der Waals surface area contributed by atoms with Gasteiger partial charge in [0.25, 0.3) is 0 Å². The van der Waals surface area contributed by atoms with Crippen LogP contribution in [0.5, 0.6) is 11.5 Å². The first-order chi connectivity index (χ1) is 19.3. The van der Waals surface area contributed by atoms with Gasteiger partial charge in [0, 0.05) is 43.3 Å². The second kappa shape index (κ2) is 10.7. The molecule has 0 saturated carbocycles. The zero-order valence-electron chi connectivity index (χ0n) is 22.9. The Hall–Kier alpha value is -4.07. The molecular formula is C27H29F3N6O4S. The third-order valence-corrected chi connectivity index (χ3v) is 7.33. The number of aromatic nitrogens is 4. The average molecular weight is 591 g/mol. The molecule has 5 rings (SSSR count). The monoisotopic (exact) mass is 590 g/mol. The molecule has 1 fully saturated rings. The van der Waals surface area contributed by atoms with Crippen LogP contribution in [0.25, 0.3) is 26.8 Å². The van der Waals surface area contributed by atoms with Gasteiger partial charge in [0.05, 0.1) is 24.6 Å². The van der Waals surface area contributed by atoms with Crippen molar-refractivity contribution in [1.82, 2.24) is 24.5 Å². The number of hydrogen-bond acceptors (Lipinski definition) is 9. The summed E-state index contributed by atoms with van der Waals surface area (Å²) >= 11 is 1.27. The number of piperidine rings is 1. The zero-order chi connectivity index (χ0) is 29.5. The van der Waals surface area contributed by atoms with E-state index in [1.54, 1.807) is 18.2 Å². The maximum absolute atomic E-state index is 13.3. The summed E-state index contributed by atoms with van der Waals surface area (Å²) in [7, 11) is 1.55. The summed E-state index contributed by atoms with van der Waals surface area (Å²) < 4.78 is 58.5. The molecule has 1 saturated heterocycles. The van der Waals surface area contributed by atoms with E-state index in [4.69, 9.17) is 19.9 Å². The van der Waals surface area contributed by atoms with Crippen LogP contribution in [0.15, 0.2) is 36.7 Å². The predicted octanol–water partition coefficient (Wildman–Crippen LogP) is 5.91. The Balaban J connectivity index is 1.28. The molecule has 0 radical (unpaired) electrons. The quantitative estimate of drug-likeness (QED) is 0.305. The molecule has 41 heavy (non-hydrogen) atoms. The highest BCUT2D eigenvalue weighted by molar-refractivity contribution is 7.19. The first-order valence-electron chi connectivity index (χ1n) is 12.8. The number of halogens is 3. The fourth-order valence-electron chi connectivity index (χ4n) is 4.36. The lowest BCUT2D eigenvalue weighted by Crippen LogP contribution is -2.44. The highest BCUT2D eigenvalue weighted by atomic mass is 32.1. The van der Waals surface area contributed by atoms with E-state index < -0.39 is 23.2 Å². The Morgan fingerprint density at radius 2 is 1.83 bits per heavy atom. The maximum Gasteiger partial charge on any atom is 0.419 e.